The molecular weight excluding hydrogens is 394 g/mol. The van der Waals surface area contributed by atoms with Gasteiger partial charge in [0.2, 0.25) is 5.91 Å². The second-order valence-corrected chi connectivity index (χ2v) is 7.60. The van der Waals surface area contributed by atoms with E-state index in [1.54, 1.807) is 34.5 Å². The third kappa shape index (κ3) is 5.00. The van der Waals surface area contributed by atoms with E-state index < -0.39 is 23.9 Å². The van der Waals surface area contributed by atoms with Crippen LogP contribution in [0, 0.1) is 0 Å². The fourth-order valence-electron chi connectivity index (χ4n) is 2.93. The monoisotopic (exact) mass is 415 g/mol. The van der Waals surface area contributed by atoms with Crippen LogP contribution in [0.5, 0.6) is 0 Å². The fraction of sp³-hybridized carbons (Fsp3) is 0.300. The molecule has 1 fully saturated rings. The molecule has 2 aromatic rings. The summed E-state index contributed by atoms with van der Waals surface area (Å²) in [5.74, 6) is -1.72. The van der Waals surface area contributed by atoms with Crippen LogP contribution in [0.25, 0.3) is 0 Å². The molecule has 1 aliphatic rings. The summed E-state index contributed by atoms with van der Waals surface area (Å²) in [6.07, 6.45) is 0.388. The van der Waals surface area contributed by atoms with Crippen molar-refractivity contribution in [3.63, 3.8) is 0 Å². The number of nitrogens with one attached hydrogen (secondary N) is 1. The van der Waals surface area contributed by atoms with Crippen LogP contribution in [0.2, 0.25) is 0 Å². The van der Waals surface area contributed by atoms with Crippen molar-refractivity contribution in [1.29, 1.82) is 0 Å². The molecule has 0 unspecified atom stereocenters. The lowest BCUT2D eigenvalue weighted by Gasteiger charge is -2.16. The van der Waals surface area contributed by atoms with Crippen molar-refractivity contribution in [2.24, 2.45) is 5.73 Å². The molecule has 1 saturated heterocycles. The van der Waals surface area contributed by atoms with Crippen LogP contribution in [0.4, 0.5) is 5.00 Å². The Hall–Kier alpha value is -3.20. The molecule has 0 radical (unpaired) electrons. The number of likely N-dealkylation sites (tertiary alicyclic amines) is 1. The Morgan fingerprint density at radius 3 is 2.59 bits per heavy atom. The zero-order valence-electron chi connectivity index (χ0n) is 15.8. The van der Waals surface area contributed by atoms with Crippen molar-refractivity contribution in [2.75, 3.05) is 11.9 Å². The van der Waals surface area contributed by atoms with Crippen molar-refractivity contribution in [3.8, 4) is 0 Å². The lowest BCUT2D eigenvalue weighted by molar-refractivity contribution is -0.128. The van der Waals surface area contributed by atoms with Crippen molar-refractivity contribution in [2.45, 2.75) is 32.4 Å². The van der Waals surface area contributed by atoms with E-state index in [1.165, 1.54) is 13.0 Å². The average Bonchev–Trinajstić information content (AvgIpc) is 3.31. The highest BCUT2D eigenvalue weighted by Gasteiger charge is 2.22. The Kier molecular flexibility index (Phi) is 6.28. The summed E-state index contributed by atoms with van der Waals surface area (Å²) in [6.45, 7) is 2.70. The number of benzene rings is 1. The molecule has 0 spiro atoms. The van der Waals surface area contributed by atoms with Gasteiger partial charge in [-0.25, -0.2) is 4.79 Å². The van der Waals surface area contributed by atoms with Crippen molar-refractivity contribution >= 4 is 40.0 Å². The molecule has 0 aliphatic carbocycles. The molecule has 1 aromatic carbocycles. The van der Waals surface area contributed by atoms with Gasteiger partial charge in [-0.05, 0) is 42.5 Å². The summed E-state index contributed by atoms with van der Waals surface area (Å²) in [4.78, 5) is 49.4. The Morgan fingerprint density at radius 1 is 1.24 bits per heavy atom. The van der Waals surface area contributed by atoms with E-state index in [-0.39, 0.29) is 11.5 Å². The third-order valence-electron chi connectivity index (χ3n) is 4.55. The number of rotatable bonds is 7. The zero-order valence-corrected chi connectivity index (χ0v) is 16.7. The van der Waals surface area contributed by atoms with Gasteiger partial charge < -0.3 is 20.7 Å². The summed E-state index contributed by atoms with van der Waals surface area (Å²) >= 11 is 1.15. The zero-order chi connectivity index (χ0) is 21.0. The molecule has 3 N–H and O–H groups in total. The first-order valence-electron chi connectivity index (χ1n) is 9.11. The van der Waals surface area contributed by atoms with Crippen LogP contribution in [-0.4, -0.2) is 41.2 Å². The quantitative estimate of drug-likeness (QED) is 0.672. The van der Waals surface area contributed by atoms with E-state index in [4.69, 9.17) is 10.5 Å². The number of amides is 3. The lowest BCUT2D eigenvalue weighted by Crippen LogP contribution is -2.30. The number of thiophene rings is 1. The molecule has 29 heavy (non-hydrogen) atoms. The minimum absolute atomic E-state index is 0.138. The predicted molar refractivity (Wildman–Crippen MR) is 107 cm³/mol. The number of esters is 1. The van der Waals surface area contributed by atoms with E-state index in [1.807, 2.05) is 0 Å². The van der Waals surface area contributed by atoms with E-state index in [0.717, 1.165) is 29.9 Å². The molecule has 1 aromatic heterocycles. The predicted octanol–water partition coefficient (Wildman–Crippen LogP) is 2.15. The summed E-state index contributed by atoms with van der Waals surface area (Å²) in [7, 11) is 0. The van der Waals surface area contributed by atoms with Gasteiger partial charge in [0.05, 0.1) is 11.1 Å². The molecule has 9 heteroatoms. The molecule has 0 bridgehead atoms. The van der Waals surface area contributed by atoms with Gasteiger partial charge in [-0.2, -0.15) is 0 Å². The topological polar surface area (TPSA) is 119 Å². The maximum Gasteiger partial charge on any atom is 0.338 e. The Labute approximate surface area is 171 Å². The Balaban J connectivity index is 1.56. The number of ether oxygens (including phenoxy) is 1. The molecule has 1 aliphatic heterocycles. The van der Waals surface area contributed by atoms with E-state index in [2.05, 4.69) is 5.32 Å². The second-order valence-electron chi connectivity index (χ2n) is 6.68. The Bertz CT molecular complexity index is 938. The van der Waals surface area contributed by atoms with Crippen LogP contribution < -0.4 is 11.1 Å². The molecule has 3 amide bonds. The number of anilines is 1. The maximum absolute atomic E-state index is 12.3. The SMILES string of the molecule is C[C@H](OC(=O)c1ccc(CN2CCCC2=O)cc1)C(=O)Nc1sccc1C(N)=O. The molecule has 0 saturated carbocycles. The molecule has 8 nitrogen and oxygen atoms in total. The average molecular weight is 415 g/mol. The minimum Gasteiger partial charge on any atom is -0.449 e. The minimum atomic E-state index is -1.06. The van der Waals surface area contributed by atoms with Gasteiger partial charge in [0.25, 0.3) is 11.8 Å². The van der Waals surface area contributed by atoms with Gasteiger partial charge in [-0.15, -0.1) is 11.3 Å². The van der Waals surface area contributed by atoms with Gasteiger partial charge in [0, 0.05) is 19.5 Å². The first-order chi connectivity index (χ1) is 13.8. The van der Waals surface area contributed by atoms with Gasteiger partial charge in [0.1, 0.15) is 5.00 Å². The number of carbonyl (C=O) groups excluding carboxylic acids is 4. The van der Waals surface area contributed by atoms with Crippen molar-refractivity contribution in [3.05, 3.63) is 52.4 Å². The highest BCUT2D eigenvalue weighted by atomic mass is 32.1. The fourth-order valence-corrected chi connectivity index (χ4v) is 3.73. The van der Waals surface area contributed by atoms with Crippen molar-refractivity contribution in [1.82, 2.24) is 4.90 Å². The van der Waals surface area contributed by atoms with Crippen LogP contribution >= 0.6 is 11.3 Å². The number of hydrogen-bond donors (Lipinski definition) is 2. The molecule has 152 valence electrons. The first kappa shape index (κ1) is 20.5. The van der Waals surface area contributed by atoms with Crippen LogP contribution in [0.15, 0.2) is 35.7 Å². The maximum atomic E-state index is 12.3. The van der Waals surface area contributed by atoms with Gasteiger partial charge >= 0.3 is 5.97 Å². The van der Waals surface area contributed by atoms with E-state index >= 15 is 0 Å². The van der Waals surface area contributed by atoms with Crippen LogP contribution in [-0.2, 0) is 20.9 Å². The normalized spacial score (nSPS) is 14.5. The number of nitrogens with zero attached hydrogens (tertiary/aromatic N) is 1. The highest BCUT2D eigenvalue weighted by Crippen LogP contribution is 2.23. The highest BCUT2D eigenvalue weighted by molar-refractivity contribution is 7.14. The molecule has 1 atom stereocenters. The molecule has 3 rings (SSSR count). The van der Waals surface area contributed by atoms with Gasteiger partial charge in [0.15, 0.2) is 6.10 Å². The van der Waals surface area contributed by atoms with Gasteiger partial charge in [-0.3, -0.25) is 14.4 Å². The first-order valence-corrected chi connectivity index (χ1v) is 9.99. The smallest absolute Gasteiger partial charge is 0.338 e. The number of hydrogen-bond acceptors (Lipinski definition) is 6. The number of primary amides is 1. The molecule has 2 heterocycles. The number of nitrogens with two attached hydrogens (primary N) is 1. The largest absolute Gasteiger partial charge is 0.449 e. The summed E-state index contributed by atoms with van der Waals surface area (Å²) in [5.41, 5.74) is 6.67. The summed E-state index contributed by atoms with van der Waals surface area (Å²) < 4.78 is 5.21. The van der Waals surface area contributed by atoms with E-state index in [0.29, 0.717) is 23.5 Å². The van der Waals surface area contributed by atoms with Gasteiger partial charge in [-0.1, -0.05) is 12.1 Å². The lowest BCUT2D eigenvalue weighted by atomic mass is 10.1. The summed E-state index contributed by atoms with van der Waals surface area (Å²) in [6, 6.07) is 8.24. The molecular formula is C20H21N3O5S. The van der Waals surface area contributed by atoms with E-state index in [9.17, 15) is 19.2 Å². The summed E-state index contributed by atoms with van der Waals surface area (Å²) in [5, 5.41) is 4.49. The Morgan fingerprint density at radius 2 is 1.97 bits per heavy atom. The standard InChI is InChI=1S/C20H21N3O5S/c1-12(18(26)22-19-15(17(21)25)8-10-29-19)28-20(27)14-6-4-13(5-7-14)11-23-9-2-3-16(23)24/h4-8,10,12H,2-3,9,11H2,1H3,(H2,21,25)(H,22,26)/t12-/m0/s1. The van der Waals surface area contributed by atoms with Crippen LogP contribution in [0.3, 0.4) is 0 Å². The second kappa shape index (κ2) is 8.87. The number of carbonyl (C=O) groups is 4. The third-order valence-corrected chi connectivity index (χ3v) is 5.38. The van der Waals surface area contributed by atoms with Crippen LogP contribution in [0.1, 0.15) is 46.0 Å². The van der Waals surface area contributed by atoms with Crippen molar-refractivity contribution < 1.29 is 23.9 Å².